The lowest BCUT2D eigenvalue weighted by molar-refractivity contribution is -0.902. The molecular weight excluding hydrogens is 319 g/mol. The molecule has 1 saturated heterocycles. The van der Waals surface area contributed by atoms with E-state index in [4.69, 9.17) is 23.2 Å². The molecule has 3 atom stereocenters. The summed E-state index contributed by atoms with van der Waals surface area (Å²) >= 11 is 12.0. The molecule has 0 radical (unpaired) electrons. The molecule has 1 unspecified atom stereocenters. The van der Waals surface area contributed by atoms with Gasteiger partial charge in [-0.05, 0) is 43.4 Å². The molecule has 1 amide bonds. The van der Waals surface area contributed by atoms with Crippen molar-refractivity contribution in [3.8, 4) is 0 Å². The average molecular weight is 342 g/mol. The largest absolute Gasteiger partial charge is 0.327 e. The molecule has 22 heavy (non-hydrogen) atoms. The number of piperidine rings is 1. The van der Waals surface area contributed by atoms with Gasteiger partial charge in [-0.1, -0.05) is 36.0 Å². The van der Waals surface area contributed by atoms with Crippen LogP contribution in [0.25, 0.3) is 0 Å². The van der Waals surface area contributed by atoms with Crippen LogP contribution in [-0.2, 0) is 4.79 Å². The minimum Gasteiger partial charge on any atom is -0.327 e. The second-order valence-corrected chi connectivity index (χ2v) is 7.49. The molecular formula is C17H23Cl2N2O+. The Hall–Kier alpha value is -0.770. The van der Waals surface area contributed by atoms with Crippen molar-refractivity contribution < 1.29 is 9.69 Å². The Morgan fingerprint density at radius 2 is 1.95 bits per heavy atom. The Morgan fingerprint density at radius 3 is 2.73 bits per heavy atom. The first-order chi connectivity index (χ1) is 10.6. The number of amides is 1. The number of halogens is 2. The van der Waals surface area contributed by atoms with Crippen LogP contribution in [-0.4, -0.2) is 25.5 Å². The highest BCUT2D eigenvalue weighted by Crippen LogP contribution is 2.32. The summed E-state index contributed by atoms with van der Waals surface area (Å²) in [5.41, 5.74) is 0.642. The van der Waals surface area contributed by atoms with Crippen LogP contribution in [0, 0.1) is 11.8 Å². The van der Waals surface area contributed by atoms with Crippen molar-refractivity contribution in [1.29, 1.82) is 0 Å². The third-order valence-corrected chi connectivity index (χ3v) is 5.65. The SMILES string of the molecule is O=C(C[NH+]1CC[C@H]2CCCC[C@@H]2C1)Nc1ccc(Cl)cc1Cl. The number of carbonyl (C=O) groups is 1. The van der Waals surface area contributed by atoms with Crippen molar-refractivity contribution >= 4 is 34.8 Å². The van der Waals surface area contributed by atoms with Crippen LogP contribution < -0.4 is 10.2 Å². The van der Waals surface area contributed by atoms with E-state index in [1.54, 1.807) is 18.2 Å². The lowest BCUT2D eigenvalue weighted by Gasteiger charge is -2.38. The van der Waals surface area contributed by atoms with E-state index in [2.05, 4.69) is 5.32 Å². The van der Waals surface area contributed by atoms with E-state index >= 15 is 0 Å². The van der Waals surface area contributed by atoms with E-state index < -0.39 is 0 Å². The number of benzene rings is 1. The molecule has 2 aliphatic rings. The molecule has 1 aromatic carbocycles. The number of hydrogen-bond acceptors (Lipinski definition) is 1. The number of rotatable bonds is 3. The zero-order valence-corrected chi connectivity index (χ0v) is 14.2. The molecule has 1 aromatic rings. The third kappa shape index (κ3) is 3.95. The summed E-state index contributed by atoms with van der Waals surface area (Å²) in [7, 11) is 0. The fraction of sp³-hybridized carbons (Fsp3) is 0.588. The molecule has 0 bridgehead atoms. The Balaban J connectivity index is 1.53. The fourth-order valence-electron chi connectivity index (χ4n) is 3.97. The number of likely N-dealkylation sites (tertiary alicyclic amines) is 1. The van der Waals surface area contributed by atoms with Crippen LogP contribution in [0.4, 0.5) is 5.69 Å². The maximum Gasteiger partial charge on any atom is 0.279 e. The van der Waals surface area contributed by atoms with Gasteiger partial charge in [-0.3, -0.25) is 4.79 Å². The van der Waals surface area contributed by atoms with Gasteiger partial charge in [0.05, 0.1) is 23.8 Å². The molecule has 0 aromatic heterocycles. The van der Waals surface area contributed by atoms with E-state index in [-0.39, 0.29) is 5.91 Å². The molecule has 3 nitrogen and oxygen atoms in total. The zero-order valence-electron chi connectivity index (χ0n) is 12.7. The average Bonchev–Trinajstić information content (AvgIpc) is 2.50. The first-order valence-electron chi connectivity index (χ1n) is 8.20. The summed E-state index contributed by atoms with van der Waals surface area (Å²) in [4.78, 5) is 13.7. The van der Waals surface area contributed by atoms with Gasteiger partial charge >= 0.3 is 0 Å². The summed E-state index contributed by atoms with van der Waals surface area (Å²) in [5.74, 6) is 1.77. The van der Waals surface area contributed by atoms with Crippen LogP contribution in [0.2, 0.25) is 10.0 Å². The molecule has 2 fully saturated rings. The second kappa shape index (κ2) is 7.20. The van der Waals surface area contributed by atoms with Crippen molar-refractivity contribution in [2.75, 3.05) is 25.0 Å². The van der Waals surface area contributed by atoms with Gasteiger partial charge in [0.1, 0.15) is 0 Å². The van der Waals surface area contributed by atoms with Crippen LogP contribution >= 0.6 is 23.2 Å². The summed E-state index contributed by atoms with van der Waals surface area (Å²) < 4.78 is 0. The first kappa shape index (κ1) is 16.1. The highest BCUT2D eigenvalue weighted by Gasteiger charge is 2.34. The lowest BCUT2D eigenvalue weighted by Crippen LogP contribution is -3.15. The van der Waals surface area contributed by atoms with Gasteiger partial charge in [-0.25, -0.2) is 0 Å². The Bertz CT molecular complexity index is 549. The summed E-state index contributed by atoms with van der Waals surface area (Å²) in [6, 6.07) is 5.15. The smallest absolute Gasteiger partial charge is 0.279 e. The van der Waals surface area contributed by atoms with Gasteiger partial charge in [-0.15, -0.1) is 0 Å². The Labute approximate surface area is 142 Å². The fourth-order valence-corrected chi connectivity index (χ4v) is 4.42. The van der Waals surface area contributed by atoms with E-state index in [1.807, 2.05) is 0 Å². The van der Waals surface area contributed by atoms with Crippen molar-refractivity contribution in [1.82, 2.24) is 0 Å². The molecule has 5 heteroatoms. The molecule has 120 valence electrons. The monoisotopic (exact) mass is 341 g/mol. The standard InChI is InChI=1S/C17H22Cl2N2O/c18-14-5-6-16(15(19)9-14)20-17(22)11-21-8-7-12-3-1-2-4-13(12)10-21/h5-6,9,12-13H,1-4,7-8,10-11H2,(H,20,22)/p+1/t12-,13-/m1/s1. The Kier molecular flexibility index (Phi) is 5.27. The Morgan fingerprint density at radius 1 is 1.18 bits per heavy atom. The van der Waals surface area contributed by atoms with Crippen LogP contribution in [0.5, 0.6) is 0 Å². The number of anilines is 1. The topological polar surface area (TPSA) is 33.5 Å². The van der Waals surface area contributed by atoms with E-state index in [0.717, 1.165) is 24.9 Å². The van der Waals surface area contributed by atoms with Crippen LogP contribution in [0.1, 0.15) is 32.1 Å². The number of hydrogen-bond donors (Lipinski definition) is 2. The van der Waals surface area contributed by atoms with Crippen LogP contribution in [0.15, 0.2) is 18.2 Å². The van der Waals surface area contributed by atoms with Crippen molar-refractivity contribution in [3.05, 3.63) is 28.2 Å². The highest BCUT2D eigenvalue weighted by atomic mass is 35.5. The van der Waals surface area contributed by atoms with E-state index in [1.165, 1.54) is 37.0 Å². The van der Waals surface area contributed by atoms with Gasteiger partial charge < -0.3 is 10.2 Å². The minimum atomic E-state index is 0.0356. The number of quaternary nitrogens is 1. The van der Waals surface area contributed by atoms with Crippen molar-refractivity contribution in [2.45, 2.75) is 32.1 Å². The summed E-state index contributed by atoms with van der Waals surface area (Å²) in [6.45, 7) is 2.79. The zero-order chi connectivity index (χ0) is 15.5. The lowest BCUT2D eigenvalue weighted by atomic mass is 9.75. The van der Waals surface area contributed by atoms with E-state index in [9.17, 15) is 4.79 Å². The van der Waals surface area contributed by atoms with Gasteiger partial charge in [0.2, 0.25) is 0 Å². The molecule has 1 heterocycles. The third-order valence-electron chi connectivity index (χ3n) is 5.10. The number of carbonyl (C=O) groups excluding carboxylic acids is 1. The molecule has 0 spiro atoms. The van der Waals surface area contributed by atoms with Gasteiger partial charge in [0, 0.05) is 10.9 Å². The molecule has 3 rings (SSSR count). The maximum atomic E-state index is 12.3. The molecule has 1 saturated carbocycles. The van der Waals surface area contributed by atoms with Crippen molar-refractivity contribution in [2.24, 2.45) is 11.8 Å². The van der Waals surface area contributed by atoms with Gasteiger partial charge in [0.25, 0.3) is 5.91 Å². The number of fused-ring (bicyclic) bond motifs is 1. The predicted octanol–water partition coefficient (Wildman–Crippen LogP) is 3.03. The van der Waals surface area contributed by atoms with Crippen LogP contribution in [0.3, 0.4) is 0 Å². The maximum absolute atomic E-state index is 12.3. The predicted molar refractivity (Wildman–Crippen MR) is 90.7 cm³/mol. The molecule has 1 aliphatic carbocycles. The summed E-state index contributed by atoms with van der Waals surface area (Å²) in [5, 5.41) is 3.97. The van der Waals surface area contributed by atoms with Gasteiger partial charge in [-0.2, -0.15) is 0 Å². The van der Waals surface area contributed by atoms with Crippen molar-refractivity contribution in [3.63, 3.8) is 0 Å². The quantitative estimate of drug-likeness (QED) is 0.870. The molecule has 1 aliphatic heterocycles. The first-order valence-corrected chi connectivity index (χ1v) is 8.96. The highest BCUT2D eigenvalue weighted by molar-refractivity contribution is 6.36. The normalized spacial score (nSPS) is 28.0. The second-order valence-electron chi connectivity index (χ2n) is 6.65. The minimum absolute atomic E-state index is 0.0356. The summed E-state index contributed by atoms with van der Waals surface area (Å²) in [6.07, 6.45) is 6.77. The molecule has 2 N–H and O–H groups in total. The van der Waals surface area contributed by atoms with Gasteiger partial charge in [0.15, 0.2) is 6.54 Å². The number of nitrogens with one attached hydrogen (secondary N) is 2. The van der Waals surface area contributed by atoms with E-state index in [0.29, 0.717) is 22.3 Å².